The molecule has 3 rings (SSSR count). The van der Waals surface area contributed by atoms with E-state index in [4.69, 9.17) is 11.6 Å². The number of carbonyl (C=O) groups excluding carboxylic acids is 1. The molecule has 0 saturated heterocycles. The van der Waals surface area contributed by atoms with Gasteiger partial charge in [-0.25, -0.2) is 0 Å². The molecule has 0 aliphatic heterocycles. The minimum absolute atomic E-state index is 0.344. The highest BCUT2D eigenvalue weighted by Crippen LogP contribution is 2.15. The fourth-order valence-electron chi connectivity index (χ4n) is 2.28. The molecule has 1 aromatic heterocycles. The van der Waals surface area contributed by atoms with E-state index in [1.54, 1.807) is 24.3 Å². The number of nitrogens with zero attached hydrogens (tertiary/aromatic N) is 2. The molecule has 0 N–H and O–H groups in total. The number of hydrogen-bond acceptors (Lipinski definition) is 1. The summed E-state index contributed by atoms with van der Waals surface area (Å²) in [6, 6.07) is 22.6. The molecule has 0 bridgehead atoms. The Morgan fingerprint density at radius 3 is 2.39 bits per heavy atom. The van der Waals surface area contributed by atoms with Gasteiger partial charge in [-0.15, -0.1) is 0 Å². The van der Waals surface area contributed by atoms with E-state index >= 15 is 0 Å². The molecular weight excluding hydrogens is 308 g/mol. The second kappa shape index (κ2) is 7.07. The van der Waals surface area contributed by atoms with E-state index in [9.17, 15) is 4.79 Å². The summed E-state index contributed by atoms with van der Waals surface area (Å²) in [7, 11) is 0. The highest BCUT2D eigenvalue weighted by molar-refractivity contribution is 6.33. The largest absolute Gasteiger partial charge is 0.328 e. The van der Waals surface area contributed by atoms with Gasteiger partial charge in [0.25, 0.3) is 5.91 Å². The van der Waals surface area contributed by atoms with Crippen LogP contribution in [-0.4, -0.2) is 10.5 Å². The molecule has 4 heteroatoms. The number of pyridine rings is 1. The molecule has 2 aromatic carbocycles. The Morgan fingerprint density at radius 2 is 1.61 bits per heavy atom. The number of rotatable bonds is 3. The molecule has 3 nitrogen and oxygen atoms in total. The van der Waals surface area contributed by atoms with E-state index < -0.39 is 0 Å². The maximum atomic E-state index is 12.4. The standard InChI is InChI=1S/C19H15ClN2O/c20-17-11-5-4-10-16(17)19(23)21-18-12-6-7-13-22(18)14-15-8-2-1-3-9-15/h1-13H,14H2. The Labute approximate surface area is 139 Å². The smallest absolute Gasteiger partial charge is 0.280 e. The van der Waals surface area contributed by atoms with Crippen molar-refractivity contribution in [2.24, 2.45) is 4.99 Å². The van der Waals surface area contributed by atoms with Gasteiger partial charge in [-0.05, 0) is 29.8 Å². The number of carbonyl (C=O) groups is 1. The number of amides is 1. The normalized spacial score (nSPS) is 11.4. The molecule has 3 aromatic rings. The first-order valence-electron chi connectivity index (χ1n) is 7.27. The van der Waals surface area contributed by atoms with E-state index in [0.29, 0.717) is 22.6 Å². The summed E-state index contributed by atoms with van der Waals surface area (Å²) in [5.41, 5.74) is 2.15. The van der Waals surface area contributed by atoms with Crippen molar-refractivity contribution in [3.63, 3.8) is 0 Å². The first-order valence-corrected chi connectivity index (χ1v) is 7.65. The second-order valence-corrected chi connectivity index (χ2v) is 5.48. The van der Waals surface area contributed by atoms with Crippen LogP contribution in [0, 0.1) is 0 Å². The van der Waals surface area contributed by atoms with Crippen LogP contribution in [-0.2, 0) is 6.54 Å². The minimum Gasteiger partial charge on any atom is -0.328 e. The predicted octanol–water partition coefficient (Wildman–Crippen LogP) is 3.93. The number of benzene rings is 2. The van der Waals surface area contributed by atoms with Crippen molar-refractivity contribution in [2.45, 2.75) is 6.54 Å². The molecule has 0 atom stereocenters. The summed E-state index contributed by atoms with van der Waals surface area (Å²) in [5.74, 6) is -0.344. The van der Waals surface area contributed by atoms with Crippen LogP contribution in [0.1, 0.15) is 15.9 Å². The van der Waals surface area contributed by atoms with Gasteiger partial charge in [0, 0.05) is 12.7 Å². The van der Waals surface area contributed by atoms with Crippen molar-refractivity contribution in [3.8, 4) is 0 Å². The molecule has 1 amide bonds. The van der Waals surface area contributed by atoms with Crippen molar-refractivity contribution < 1.29 is 4.79 Å². The average molecular weight is 323 g/mol. The van der Waals surface area contributed by atoms with Gasteiger partial charge in [0.1, 0.15) is 5.49 Å². The van der Waals surface area contributed by atoms with Gasteiger partial charge in [-0.2, -0.15) is 4.99 Å². The molecule has 0 spiro atoms. The third kappa shape index (κ3) is 3.76. The van der Waals surface area contributed by atoms with Gasteiger partial charge in [0.05, 0.1) is 10.6 Å². The molecule has 0 saturated carbocycles. The highest BCUT2D eigenvalue weighted by Gasteiger charge is 2.08. The molecule has 0 aliphatic rings. The SMILES string of the molecule is O=C(N=c1ccccn1Cc1ccccc1)c1ccccc1Cl. The molecule has 0 aliphatic carbocycles. The highest BCUT2D eigenvalue weighted by atomic mass is 35.5. The van der Waals surface area contributed by atoms with E-state index in [0.717, 1.165) is 5.56 Å². The summed E-state index contributed by atoms with van der Waals surface area (Å²) in [5, 5.41) is 0.409. The van der Waals surface area contributed by atoms with Crippen molar-refractivity contribution in [1.29, 1.82) is 0 Å². The summed E-state index contributed by atoms with van der Waals surface area (Å²) >= 11 is 6.07. The third-order valence-electron chi connectivity index (χ3n) is 3.43. The van der Waals surface area contributed by atoms with Crippen LogP contribution in [0.5, 0.6) is 0 Å². The van der Waals surface area contributed by atoms with Crippen LogP contribution in [0.2, 0.25) is 5.02 Å². The average Bonchev–Trinajstić information content (AvgIpc) is 2.58. The number of aromatic nitrogens is 1. The Kier molecular flexibility index (Phi) is 4.69. The van der Waals surface area contributed by atoms with Gasteiger partial charge in [0.15, 0.2) is 0 Å². The number of halogens is 1. The molecule has 0 unspecified atom stereocenters. The third-order valence-corrected chi connectivity index (χ3v) is 3.76. The number of hydrogen-bond donors (Lipinski definition) is 0. The zero-order chi connectivity index (χ0) is 16.1. The lowest BCUT2D eigenvalue weighted by Gasteiger charge is -2.07. The monoisotopic (exact) mass is 322 g/mol. The summed E-state index contributed by atoms with van der Waals surface area (Å²) in [4.78, 5) is 16.6. The fraction of sp³-hybridized carbons (Fsp3) is 0.0526. The Bertz CT molecular complexity index is 885. The molecule has 114 valence electrons. The van der Waals surface area contributed by atoms with Crippen LogP contribution in [0.4, 0.5) is 0 Å². The maximum Gasteiger partial charge on any atom is 0.280 e. The molecule has 23 heavy (non-hydrogen) atoms. The van der Waals surface area contributed by atoms with E-state index in [-0.39, 0.29) is 5.91 Å². The Morgan fingerprint density at radius 1 is 0.913 bits per heavy atom. The van der Waals surface area contributed by atoms with Gasteiger partial charge < -0.3 is 4.57 Å². The summed E-state index contributed by atoms with van der Waals surface area (Å²) < 4.78 is 1.93. The Balaban J connectivity index is 1.97. The summed E-state index contributed by atoms with van der Waals surface area (Å²) in [6.45, 7) is 0.649. The lowest BCUT2D eigenvalue weighted by molar-refractivity contribution is 0.0997. The van der Waals surface area contributed by atoms with Crippen LogP contribution >= 0.6 is 11.6 Å². The lowest BCUT2D eigenvalue weighted by atomic mass is 10.2. The minimum atomic E-state index is -0.344. The van der Waals surface area contributed by atoms with Gasteiger partial charge >= 0.3 is 0 Å². The molecule has 0 radical (unpaired) electrons. The molecule has 1 heterocycles. The quantitative estimate of drug-likeness (QED) is 0.719. The van der Waals surface area contributed by atoms with Crippen molar-refractivity contribution in [2.75, 3.05) is 0 Å². The van der Waals surface area contributed by atoms with Gasteiger partial charge in [-0.3, -0.25) is 4.79 Å². The maximum absolute atomic E-state index is 12.4. The van der Waals surface area contributed by atoms with E-state index in [1.807, 2.05) is 59.3 Å². The van der Waals surface area contributed by atoms with Crippen LogP contribution in [0.15, 0.2) is 84.0 Å². The van der Waals surface area contributed by atoms with Crippen LogP contribution in [0.25, 0.3) is 0 Å². The zero-order valence-corrected chi connectivity index (χ0v) is 13.1. The first-order chi connectivity index (χ1) is 11.2. The van der Waals surface area contributed by atoms with Crippen LogP contribution in [0.3, 0.4) is 0 Å². The molecule has 0 fully saturated rings. The Hall–Kier alpha value is -2.65. The van der Waals surface area contributed by atoms with E-state index in [2.05, 4.69) is 4.99 Å². The van der Waals surface area contributed by atoms with E-state index in [1.165, 1.54) is 0 Å². The van der Waals surface area contributed by atoms with Crippen LogP contribution < -0.4 is 5.49 Å². The van der Waals surface area contributed by atoms with Gasteiger partial charge in [-0.1, -0.05) is 60.1 Å². The fourth-order valence-corrected chi connectivity index (χ4v) is 2.50. The first kappa shape index (κ1) is 15.3. The molecular formula is C19H15ClN2O. The summed E-state index contributed by atoms with van der Waals surface area (Å²) in [6.07, 6.45) is 1.91. The lowest BCUT2D eigenvalue weighted by Crippen LogP contribution is -2.22. The van der Waals surface area contributed by atoms with Gasteiger partial charge in [0.2, 0.25) is 0 Å². The topological polar surface area (TPSA) is 34.4 Å². The zero-order valence-electron chi connectivity index (χ0n) is 12.4. The second-order valence-electron chi connectivity index (χ2n) is 5.07. The van der Waals surface area contributed by atoms with Crippen molar-refractivity contribution in [1.82, 2.24) is 4.57 Å². The predicted molar refractivity (Wildman–Crippen MR) is 91.3 cm³/mol. The van der Waals surface area contributed by atoms with Crippen molar-refractivity contribution in [3.05, 3.63) is 101 Å². The van der Waals surface area contributed by atoms with Crippen molar-refractivity contribution >= 4 is 17.5 Å².